The molecule has 28 heavy (non-hydrogen) atoms. The first-order valence-electron chi connectivity index (χ1n) is 9.55. The summed E-state index contributed by atoms with van der Waals surface area (Å²) < 4.78 is 5.26. The highest BCUT2D eigenvalue weighted by Crippen LogP contribution is 2.36. The van der Waals surface area contributed by atoms with Gasteiger partial charge >= 0.3 is 5.97 Å². The Morgan fingerprint density at radius 3 is 2.89 bits per heavy atom. The minimum absolute atomic E-state index is 0.256. The first kappa shape index (κ1) is 20.8. The molecule has 0 unspecified atom stereocenters. The van der Waals surface area contributed by atoms with Gasteiger partial charge in [-0.05, 0) is 36.5 Å². The van der Waals surface area contributed by atoms with Crippen LogP contribution in [0.15, 0.2) is 29.6 Å². The minimum atomic E-state index is -1.25. The highest BCUT2D eigenvalue weighted by molar-refractivity contribution is 7.09. The van der Waals surface area contributed by atoms with Gasteiger partial charge < -0.3 is 14.9 Å². The van der Waals surface area contributed by atoms with Crippen LogP contribution in [-0.4, -0.2) is 52.4 Å². The molecule has 2 N–H and O–H groups in total. The molecule has 1 aromatic carbocycles. The van der Waals surface area contributed by atoms with Crippen molar-refractivity contribution >= 4 is 17.3 Å². The molecule has 1 aliphatic heterocycles. The predicted molar refractivity (Wildman–Crippen MR) is 109 cm³/mol. The average Bonchev–Trinajstić information content (AvgIpc) is 3.13. The molecule has 6 nitrogen and oxygen atoms in total. The first-order chi connectivity index (χ1) is 13.3. The molecule has 1 aliphatic rings. The van der Waals surface area contributed by atoms with E-state index in [1.807, 2.05) is 24.3 Å². The summed E-state index contributed by atoms with van der Waals surface area (Å²) in [6.45, 7) is 5.78. The van der Waals surface area contributed by atoms with Gasteiger partial charge in [0.2, 0.25) is 0 Å². The molecule has 1 saturated heterocycles. The van der Waals surface area contributed by atoms with E-state index in [1.54, 1.807) is 18.4 Å². The van der Waals surface area contributed by atoms with E-state index in [2.05, 4.69) is 29.1 Å². The lowest BCUT2D eigenvalue weighted by Gasteiger charge is -2.43. The Morgan fingerprint density at radius 1 is 1.46 bits per heavy atom. The number of likely N-dealkylation sites (tertiary alicyclic amines) is 1. The molecule has 0 saturated carbocycles. The van der Waals surface area contributed by atoms with Crippen LogP contribution >= 0.6 is 11.3 Å². The number of methoxy groups -OCH3 is 1. The van der Waals surface area contributed by atoms with Gasteiger partial charge in [0.25, 0.3) is 0 Å². The zero-order valence-corrected chi connectivity index (χ0v) is 17.4. The maximum Gasteiger partial charge on any atom is 0.313 e. The number of aromatic nitrogens is 1. The summed E-state index contributed by atoms with van der Waals surface area (Å²) >= 11 is 1.61. The predicted octanol–water partition coefficient (Wildman–Crippen LogP) is 3.16. The molecule has 2 aromatic rings. The number of carbonyl (C=O) groups is 1. The summed E-state index contributed by atoms with van der Waals surface area (Å²) in [5.41, 5.74) is 0.667. The Morgan fingerprint density at radius 2 is 2.25 bits per heavy atom. The number of hydrogen-bond donors (Lipinski definition) is 2. The Bertz CT molecular complexity index is 822. The zero-order chi connectivity index (χ0) is 20.3. The Kier molecular flexibility index (Phi) is 6.37. The van der Waals surface area contributed by atoms with E-state index in [9.17, 15) is 15.0 Å². The molecular weight excluding hydrogens is 376 g/mol. The molecule has 0 spiro atoms. The van der Waals surface area contributed by atoms with Crippen molar-refractivity contribution in [3.8, 4) is 5.75 Å². The monoisotopic (exact) mass is 404 g/mol. The van der Waals surface area contributed by atoms with Crippen molar-refractivity contribution in [1.82, 2.24) is 9.88 Å². The van der Waals surface area contributed by atoms with Crippen LogP contribution < -0.4 is 4.74 Å². The quantitative estimate of drug-likeness (QED) is 0.738. The van der Waals surface area contributed by atoms with Crippen molar-refractivity contribution in [3.05, 3.63) is 45.9 Å². The van der Waals surface area contributed by atoms with E-state index in [0.717, 1.165) is 16.3 Å². The lowest BCUT2D eigenvalue weighted by molar-refractivity contribution is -0.163. The lowest BCUT2D eigenvalue weighted by atomic mass is 9.73. The SMILES string of the molecule is COc1cccc(C[C@@]2(C(=O)O)CN(Cc3nc(C(C)C)cs3)CC[C@@H]2O)c1. The number of carboxylic acid groups (broad SMARTS) is 1. The van der Waals surface area contributed by atoms with Crippen molar-refractivity contribution < 1.29 is 19.7 Å². The Balaban J connectivity index is 1.81. The molecule has 3 rings (SSSR count). The van der Waals surface area contributed by atoms with Crippen LogP contribution in [0.2, 0.25) is 0 Å². The molecule has 0 amide bonds. The number of benzene rings is 1. The third-order valence-electron chi connectivity index (χ3n) is 5.46. The van der Waals surface area contributed by atoms with Crippen molar-refractivity contribution in [3.63, 3.8) is 0 Å². The van der Waals surface area contributed by atoms with Crippen LogP contribution in [0.1, 0.15) is 42.5 Å². The lowest BCUT2D eigenvalue weighted by Crippen LogP contribution is -2.56. The number of ether oxygens (including phenoxy) is 1. The number of thiazole rings is 1. The van der Waals surface area contributed by atoms with Gasteiger partial charge in [0, 0.05) is 18.5 Å². The van der Waals surface area contributed by atoms with Gasteiger partial charge in [-0.1, -0.05) is 26.0 Å². The topological polar surface area (TPSA) is 82.9 Å². The van der Waals surface area contributed by atoms with E-state index in [0.29, 0.717) is 31.2 Å². The van der Waals surface area contributed by atoms with Crippen LogP contribution in [0.25, 0.3) is 0 Å². The van der Waals surface area contributed by atoms with E-state index in [1.165, 1.54) is 0 Å². The first-order valence-corrected chi connectivity index (χ1v) is 10.4. The second-order valence-electron chi connectivity index (χ2n) is 7.83. The van der Waals surface area contributed by atoms with Crippen molar-refractivity contribution in [2.24, 2.45) is 5.41 Å². The number of aliphatic hydroxyl groups excluding tert-OH is 1. The number of piperidine rings is 1. The number of rotatable bonds is 7. The van der Waals surface area contributed by atoms with Crippen LogP contribution in [0.3, 0.4) is 0 Å². The van der Waals surface area contributed by atoms with Crippen molar-refractivity contribution in [2.45, 2.75) is 45.3 Å². The summed E-state index contributed by atoms with van der Waals surface area (Å²) in [5, 5.41) is 23.8. The number of nitrogens with zero attached hydrogens (tertiary/aromatic N) is 2. The van der Waals surface area contributed by atoms with Crippen LogP contribution in [0.5, 0.6) is 5.75 Å². The van der Waals surface area contributed by atoms with Crippen LogP contribution in [0, 0.1) is 5.41 Å². The summed E-state index contributed by atoms with van der Waals surface area (Å²) in [6, 6.07) is 7.40. The number of aliphatic hydroxyl groups is 1. The molecule has 1 fully saturated rings. The van der Waals surface area contributed by atoms with E-state index >= 15 is 0 Å². The number of aliphatic carboxylic acids is 1. The molecular formula is C21H28N2O4S. The third-order valence-corrected chi connectivity index (χ3v) is 6.31. The van der Waals surface area contributed by atoms with Gasteiger partial charge in [0.1, 0.15) is 16.2 Å². The maximum absolute atomic E-state index is 12.3. The van der Waals surface area contributed by atoms with Crippen molar-refractivity contribution in [2.75, 3.05) is 20.2 Å². The molecule has 0 radical (unpaired) electrons. The van der Waals surface area contributed by atoms with E-state index in [4.69, 9.17) is 4.74 Å². The van der Waals surface area contributed by atoms with Gasteiger partial charge in [-0.15, -0.1) is 11.3 Å². The molecule has 7 heteroatoms. The molecule has 1 aromatic heterocycles. The summed E-state index contributed by atoms with van der Waals surface area (Å²) in [5.74, 6) is 0.0954. The van der Waals surface area contributed by atoms with E-state index < -0.39 is 17.5 Å². The van der Waals surface area contributed by atoms with Crippen LogP contribution in [0.4, 0.5) is 0 Å². The fourth-order valence-electron chi connectivity index (χ4n) is 3.76. The summed E-state index contributed by atoms with van der Waals surface area (Å²) in [7, 11) is 1.59. The highest BCUT2D eigenvalue weighted by Gasteiger charge is 2.49. The van der Waals surface area contributed by atoms with Gasteiger partial charge in [0.15, 0.2) is 0 Å². The third kappa shape index (κ3) is 4.37. The molecule has 0 bridgehead atoms. The zero-order valence-electron chi connectivity index (χ0n) is 16.6. The molecule has 152 valence electrons. The average molecular weight is 405 g/mol. The normalized spacial score (nSPS) is 23.1. The maximum atomic E-state index is 12.3. The minimum Gasteiger partial charge on any atom is -0.497 e. The standard InChI is InChI=1S/C21H28N2O4S/c1-14(2)17-12-28-19(22-17)11-23-8-7-18(24)21(13-23,20(25)26)10-15-5-4-6-16(9-15)27-3/h4-6,9,12,14,18,24H,7-8,10-11,13H2,1-3H3,(H,25,26)/t18-,21+/m0/s1. The number of hydrogen-bond acceptors (Lipinski definition) is 6. The largest absolute Gasteiger partial charge is 0.497 e. The summed E-state index contributed by atoms with van der Waals surface area (Å²) in [4.78, 5) is 19.1. The van der Waals surface area contributed by atoms with Gasteiger partial charge in [-0.2, -0.15) is 0 Å². The molecule has 0 aliphatic carbocycles. The second-order valence-corrected chi connectivity index (χ2v) is 8.77. The highest BCUT2D eigenvalue weighted by atomic mass is 32.1. The fraction of sp³-hybridized carbons (Fsp3) is 0.524. The van der Waals surface area contributed by atoms with E-state index in [-0.39, 0.29) is 13.0 Å². The van der Waals surface area contributed by atoms with Gasteiger partial charge in [-0.25, -0.2) is 4.98 Å². The van der Waals surface area contributed by atoms with Gasteiger partial charge in [0.05, 0.1) is 25.5 Å². The Labute approximate surface area is 169 Å². The molecule has 2 heterocycles. The Hall–Kier alpha value is -1.96. The van der Waals surface area contributed by atoms with Crippen molar-refractivity contribution in [1.29, 1.82) is 0 Å². The fourth-order valence-corrected chi connectivity index (χ4v) is 4.76. The second kappa shape index (κ2) is 8.59. The summed E-state index contributed by atoms with van der Waals surface area (Å²) in [6.07, 6.45) is -0.208. The smallest absolute Gasteiger partial charge is 0.313 e. The number of carboxylic acids is 1. The van der Waals surface area contributed by atoms with Gasteiger partial charge in [-0.3, -0.25) is 9.69 Å². The van der Waals surface area contributed by atoms with Crippen LogP contribution in [-0.2, 0) is 17.8 Å². The molecule has 2 atom stereocenters.